The number of hydrogen-bond acceptors (Lipinski definition) is 2. The molecule has 0 amide bonds. The Morgan fingerprint density at radius 2 is 1.54 bits per heavy atom. The number of hydrogen-bond donors (Lipinski definition) is 1. The van der Waals surface area contributed by atoms with Gasteiger partial charge in [0.15, 0.2) is 0 Å². The average molecular weight is 374 g/mol. The predicted octanol–water partition coefficient (Wildman–Crippen LogP) is 5.41. The van der Waals surface area contributed by atoms with Gasteiger partial charge in [-0.25, -0.2) is 0 Å². The molecule has 1 fully saturated rings. The molecule has 0 spiro atoms. The van der Waals surface area contributed by atoms with Crippen LogP contribution in [-0.4, -0.2) is 19.7 Å². The zero-order valence-corrected chi connectivity index (χ0v) is 16.8. The van der Waals surface area contributed by atoms with E-state index in [-0.39, 0.29) is 12.4 Å². The van der Waals surface area contributed by atoms with Crippen molar-refractivity contribution in [1.82, 2.24) is 5.32 Å². The fourth-order valence-electron chi connectivity index (χ4n) is 3.82. The zero-order valence-electron chi connectivity index (χ0n) is 16.0. The molecule has 3 heteroatoms. The number of benzene rings is 2. The van der Waals surface area contributed by atoms with E-state index < -0.39 is 5.60 Å². The van der Waals surface area contributed by atoms with Crippen molar-refractivity contribution in [3.05, 3.63) is 71.8 Å². The van der Waals surface area contributed by atoms with Crippen LogP contribution in [0.5, 0.6) is 0 Å². The predicted molar refractivity (Wildman–Crippen MR) is 112 cm³/mol. The Labute approximate surface area is 164 Å². The van der Waals surface area contributed by atoms with Crippen molar-refractivity contribution in [2.45, 2.75) is 38.7 Å². The number of nitrogens with one attached hydrogen (secondary N) is 1. The molecule has 2 aromatic carbocycles. The Balaban J connectivity index is 0.00000243. The van der Waals surface area contributed by atoms with Crippen LogP contribution >= 0.6 is 12.4 Å². The zero-order chi connectivity index (χ0) is 17.5. The lowest BCUT2D eigenvalue weighted by Gasteiger charge is -2.40. The Kier molecular flexibility index (Phi) is 8.15. The van der Waals surface area contributed by atoms with Gasteiger partial charge < -0.3 is 10.1 Å². The molecule has 1 aliphatic rings. The third kappa shape index (κ3) is 4.88. The maximum Gasteiger partial charge on any atom is 0.122 e. The summed E-state index contributed by atoms with van der Waals surface area (Å²) in [7, 11) is 0. The van der Waals surface area contributed by atoms with Gasteiger partial charge in [-0.05, 0) is 36.9 Å². The summed E-state index contributed by atoms with van der Waals surface area (Å²) in [4.78, 5) is 0. The van der Waals surface area contributed by atoms with Crippen molar-refractivity contribution in [2.24, 2.45) is 11.8 Å². The van der Waals surface area contributed by atoms with E-state index in [0.29, 0.717) is 12.5 Å². The van der Waals surface area contributed by atoms with E-state index in [1.165, 1.54) is 30.4 Å². The van der Waals surface area contributed by atoms with Crippen LogP contribution in [0.2, 0.25) is 0 Å². The highest BCUT2D eigenvalue weighted by Gasteiger charge is 2.40. The number of halogens is 1. The third-order valence-electron chi connectivity index (χ3n) is 5.35. The maximum absolute atomic E-state index is 6.51. The first-order chi connectivity index (χ1) is 12.3. The first kappa shape index (κ1) is 21.0. The lowest BCUT2D eigenvalue weighted by atomic mass is 9.76. The molecule has 1 saturated carbocycles. The monoisotopic (exact) mass is 373 g/mol. The number of rotatable bonds is 10. The lowest BCUT2D eigenvalue weighted by molar-refractivity contribution is -0.0506. The van der Waals surface area contributed by atoms with Crippen LogP contribution in [0.3, 0.4) is 0 Å². The molecule has 1 atom stereocenters. The van der Waals surface area contributed by atoms with Gasteiger partial charge in [0.05, 0.1) is 0 Å². The van der Waals surface area contributed by atoms with Crippen LogP contribution in [0.25, 0.3) is 0 Å². The molecule has 0 radical (unpaired) electrons. The van der Waals surface area contributed by atoms with Crippen molar-refractivity contribution in [1.29, 1.82) is 0 Å². The molecule has 0 aromatic heterocycles. The minimum atomic E-state index is -0.413. The van der Waals surface area contributed by atoms with E-state index in [2.05, 4.69) is 79.8 Å². The van der Waals surface area contributed by atoms with Crippen molar-refractivity contribution in [2.75, 3.05) is 19.7 Å². The molecule has 142 valence electrons. The highest BCUT2D eigenvalue weighted by molar-refractivity contribution is 5.85. The molecule has 0 saturated heterocycles. The van der Waals surface area contributed by atoms with E-state index in [4.69, 9.17) is 4.74 Å². The van der Waals surface area contributed by atoms with E-state index in [9.17, 15) is 0 Å². The lowest BCUT2D eigenvalue weighted by Crippen LogP contribution is -2.43. The van der Waals surface area contributed by atoms with Gasteiger partial charge in [-0.2, -0.15) is 0 Å². The first-order valence-electron chi connectivity index (χ1n) is 9.73. The highest BCUT2D eigenvalue weighted by atomic mass is 35.5. The molecule has 0 bridgehead atoms. The van der Waals surface area contributed by atoms with E-state index in [1.54, 1.807) is 0 Å². The van der Waals surface area contributed by atoms with Crippen molar-refractivity contribution in [3.8, 4) is 0 Å². The van der Waals surface area contributed by atoms with Crippen LogP contribution in [0, 0.1) is 11.8 Å². The molecule has 0 heterocycles. The van der Waals surface area contributed by atoms with Gasteiger partial charge in [0.2, 0.25) is 0 Å². The van der Waals surface area contributed by atoms with Gasteiger partial charge in [-0.3, -0.25) is 0 Å². The molecular formula is C23H32ClNO. The largest absolute Gasteiger partial charge is 0.365 e. The van der Waals surface area contributed by atoms with Crippen LogP contribution in [0.1, 0.15) is 44.2 Å². The number of ether oxygens (including phenoxy) is 1. The quantitative estimate of drug-likeness (QED) is 0.562. The second-order valence-electron chi connectivity index (χ2n) is 7.24. The summed E-state index contributed by atoms with van der Waals surface area (Å²) in [6, 6.07) is 21.4. The molecular weight excluding hydrogens is 342 g/mol. The summed E-state index contributed by atoms with van der Waals surface area (Å²) in [5.41, 5.74) is 2.06. The van der Waals surface area contributed by atoms with Crippen LogP contribution in [-0.2, 0) is 10.3 Å². The van der Waals surface area contributed by atoms with Crippen molar-refractivity contribution < 1.29 is 4.74 Å². The fourth-order valence-corrected chi connectivity index (χ4v) is 3.82. The van der Waals surface area contributed by atoms with Crippen LogP contribution in [0.4, 0.5) is 0 Å². The highest BCUT2D eigenvalue weighted by Crippen LogP contribution is 2.40. The summed E-state index contributed by atoms with van der Waals surface area (Å²) in [5.74, 6) is 1.30. The summed E-state index contributed by atoms with van der Waals surface area (Å²) in [5, 5.41) is 3.68. The smallest absolute Gasteiger partial charge is 0.122 e. The van der Waals surface area contributed by atoms with Gasteiger partial charge in [0.25, 0.3) is 0 Å². The van der Waals surface area contributed by atoms with E-state index in [1.807, 2.05) is 0 Å². The Morgan fingerprint density at radius 1 is 1.00 bits per heavy atom. The van der Waals surface area contributed by atoms with Crippen molar-refractivity contribution >= 4 is 12.4 Å². The molecule has 1 N–H and O–H groups in total. The Bertz CT molecular complexity index is 588. The SMILES string of the molecule is CCOC(c1ccccc1)(c1ccccc1)C(C)CNCCC1CC1.Cl. The first-order valence-corrected chi connectivity index (χ1v) is 9.73. The standard InChI is InChI=1S/C23H31NO.ClH/c1-3-25-23(21-10-6-4-7-11-21,22-12-8-5-9-13-22)19(2)18-24-17-16-20-14-15-20;/h4-13,19-20,24H,3,14-18H2,1-2H3;1H. The normalized spacial score (nSPS) is 15.3. The van der Waals surface area contributed by atoms with Gasteiger partial charge in [-0.15, -0.1) is 12.4 Å². The van der Waals surface area contributed by atoms with Crippen LogP contribution in [0.15, 0.2) is 60.7 Å². The van der Waals surface area contributed by atoms with Crippen molar-refractivity contribution in [3.63, 3.8) is 0 Å². The van der Waals surface area contributed by atoms with Gasteiger partial charge in [-0.1, -0.05) is 80.4 Å². The van der Waals surface area contributed by atoms with E-state index >= 15 is 0 Å². The summed E-state index contributed by atoms with van der Waals surface area (Å²) in [6.07, 6.45) is 4.16. The third-order valence-corrected chi connectivity index (χ3v) is 5.35. The van der Waals surface area contributed by atoms with Crippen LogP contribution < -0.4 is 5.32 Å². The Hall–Kier alpha value is -1.35. The second-order valence-corrected chi connectivity index (χ2v) is 7.24. The van der Waals surface area contributed by atoms with E-state index in [0.717, 1.165) is 19.0 Å². The molecule has 1 aliphatic carbocycles. The second kappa shape index (κ2) is 10.1. The topological polar surface area (TPSA) is 21.3 Å². The molecule has 26 heavy (non-hydrogen) atoms. The molecule has 2 aromatic rings. The summed E-state index contributed by atoms with van der Waals surface area (Å²) >= 11 is 0. The Morgan fingerprint density at radius 3 is 2.00 bits per heavy atom. The fraction of sp³-hybridized carbons (Fsp3) is 0.478. The molecule has 0 aliphatic heterocycles. The maximum atomic E-state index is 6.51. The molecule has 2 nitrogen and oxygen atoms in total. The van der Waals surface area contributed by atoms with Gasteiger partial charge in [0.1, 0.15) is 5.60 Å². The molecule has 3 rings (SSSR count). The van der Waals surface area contributed by atoms with Gasteiger partial charge >= 0.3 is 0 Å². The minimum absolute atomic E-state index is 0. The minimum Gasteiger partial charge on any atom is -0.365 e. The molecule has 1 unspecified atom stereocenters. The average Bonchev–Trinajstić information content (AvgIpc) is 3.49. The van der Waals surface area contributed by atoms with Gasteiger partial charge in [0, 0.05) is 19.1 Å². The summed E-state index contributed by atoms with van der Waals surface area (Å²) in [6.45, 7) is 7.15. The summed E-state index contributed by atoms with van der Waals surface area (Å²) < 4.78 is 6.51.